The Morgan fingerprint density at radius 1 is 1.15 bits per heavy atom. The molecule has 0 bridgehead atoms. The maximum absolute atomic E-state index is 13.7. The van der Waals surface area contributed by atoms with Gasteiger partial charge in [0, 0.05) is 17.8 Å². The first-order valence-corrected chi connectivity index (χ1v) is 12.0. The molecule has 34 heavy (non-hydrogen) atoms. The molecule has 5 rings (SSSR count). The van der Waals surface area contributed by atoms with E-state index < -0.39 is 0 Å². The van der Waals surface area contributed by atoms with Crippen molar-refractivity contribution in [1.29, 1.82) is 0 Å². The summed E-state index contributed by atoms with van der Waals surface area (Å²) < 4.78 is 7.60. The van der Waals surface area contributed by atoms with E-state index >= 15 is 0 Å². The molecule has 6 nitrogen and oxygen atoms in total. The number of methoxy groups -OCH3 is 1. The van der Waals surface area contributed by atoms with E-state index in [2.05, 4.69) is 22.0 Å². The lowest BCUT2D eigenvalue weighted by atomic mass is 9.83. The van der Waals surface area contributed by atoms with Crippen molar-refractivity contribution in [3.8, 4) is 11.4 Å². The van der Waals surface area contributed by atoms with Gasteiger partial charge >= 0.3 is 0 Å². The molecule has 1 amide bonds. The molecule has 2 fully saturated rings. The van der Waals surface area contributed by atoms with Gasteiger partial charge in [0.25, 0.3) is 5.91 Å². The van der Waals surface area contributed by atoms with Crippen molar-refractivity contribution in [3.63, 3.8) is 0 Å². The van der Waals surface area contributed by atoms with Gasteiger partial charge in [0.2, 0.25) is 0 Å². The number of hydrogen-bond donors (Lipinski definition) is 1. The van der Waals surface area contributed by atoms with Gasteiger partial charge in [-0.05, 0) is 73.9 Å². The summed E-state index contributed by atoms with van der Waals surface area (Å²) in [6, 6.07) is 14.4. The van der Waals surface area contributed by atoms with Crippen LogP contribution in [0.3, 0.4) is 0 Å². The van der Waals surface area contributed by atoms with Crippen LogP contribution in [0.1, 0.15) is 60.5 Å². The summed E-state index contributed by atoms with van der Waals surface area (Å²) in [5, 5.41) is 9.38. The SMILES string of the molecule is COc1cc(C=C2CC[C@H]3CCC[C@@H](c4ccc(CO)cc4)N3C2=O)ccc1-n1cnc(C)c1. The predicted octanol–water partition coefficient (Wildman–Crippen LogP) is 4.98. The molecular weight excluding hydrogens is 426 g/mol. The number of piperidine rings is 2. The van der Waals surface area contributed by atoms with Gasteiger partial charge < -0.3 is 19.3 Å². The molecule has 2 aromatic carbocycles. The lowest BCUT2D eigenvalue weighted by Gasteiger charge is -2.46. The van der Waals surface area contributed by atoms with Crippen LogP contribution in [0, 0.1) is 6.92 Å². The van der Waals surface area contributed by atoms with Crippen molar-refractivity contribution in [2.24, 2.45) is 0 Å². The lowest BCUT2D eigenvalue weighted by Crippen LogP contribution is -2.49. The normalized spacial score (nSPS) is 21.6. The van der Waals surface area contributed by atoms with E-state index in [-0.39, 0.29) is 18.6 Å². The zero-order valence-electron chi connectivity index (χ0n) is 19.8. The fourth-order valence-corrected chi connectivity index (χ4v) is 5.32. The molecule has 2 atom stereocenters. The van der Waals surface area contributed by atoms with Crippen LogP contribution in [0.15, 0.2) is 60.6 Å². The molecule has 3 aromatic rings. The monoisotopic (exact) mass is 457 g/mol. The molecule has 2 saturated heterocycles. The Labute approximate surface area is 200 Å². The van der Waals surface area contributed by atoms with Crippen molar-refractivity contribution in [2.75, 3.05) is 7.11 Å². The first-order chi connectivity index (χ1) is 16.6. The molecule has 3 heterocycles. The second-order valence-electron chi connectivity index (χ2n) is 9.27. The van der Waals surface area contributed by atoms with Crippen molar-refractivity contribution in [2.45, 2.75) is 57.7 Å². The Kier molecular flexibility index (Phi) is 6.24. The number of nitrogens with zero attached hydrogens (tertiary/aromatic N) is 3. The summed E-state index contributed by atoms with van der Waals surface area (Å²) in [6.07, 6.45) is 10.7. The van der Waals surface area contributed by atoms with Crippen LogP contribution in [0.2, 0.25) is 0 Å². The number of amides is 1. The van der Waals surface area contributed by atoms with E-state index in [9.17, 15) is 9.90 Å². The molecule has 176 valence electrons. The second-order valence-corrected chi connectivity index (χ2v) is 9.27. The number of aliphatic hydroxyl groups excluding tert-OH is 1. The molecule has 0 radical (unpaired) electrons. The highest BCUT2D eigenvalue weighted by Gasteiger charge is 2.39. The van der Waals surface area contributed by atoms with Gasteiger partial charge in [-0.3, -0.25) is 4.79 Å². The predicted molar refractivity (Wildman–Crippen MR) is 132 cm³/mol. The van der Waals surface area contributed by atoms with E-state index in [1.54, 1.807) is 13.4 Å². The summed E-state index contributed by atoms with van der Waals surface area (Å²) in [5.41, 5.74) is 5.71. The Hall–Kier alpha value is -3.38. The summed E-state index contributed by atoms with van der Waals surface area (Å²) >= 11 is 0. The third kappa shape index (κ3) is 4.26. The minimum absolute atomic E-state index is 0.0335. The number of aliphatic hydroxyl groups is 1. The summed E-state index contributed by atoms with van der Waals surface area (Å²) in [4.78, 5) is 20.1. The van der Waals surface area contributed by atoms with E-state index in [1.807, 2.05) is 54.1 Å². The van der Waals surface area contributed by atoms with Gasteiger partial charge in [0.1, 0.15) is 5.75 Å². The Balaban J connectivity index is 1.43. The number of aromatic nitrogens is 2. The summed E-state index contributed by atoms with van der Waals surface area (Å²) in [7, 11) is 1.66. The number of fused-ring (bicyclic) bond motifs is 1. The van der Waals surface area contributed by atoms with Crippen molar-refractivity contribution in [3.05, 3.63) is 82.9 Å². The molecule has 0 saturated carbocycles. The fourth-order valence-electron chi connectivity index (χ4n) is 5.32. The number of carbonyl (C=O) groups excluding carboxylic acids is 1. The van der Waals surface area contributed by atoms with Crippen molar-refractivity contribution >= 4 is 12.0 Å². The van der Waals surface area contributed by atoms with Gasteiger partial charge in [-0.15, -0.1) is 0 Å². The van der Waals surface area contributed by atoms with Crippen LogP contribution >= 0.6 is 0 Å². The molecule has 1 N–H and O–H groups in total. The van der Waals surface area contributed by atoms with Gasteiger partial charge in [-0.25, -0.2) is 4.98 Å². The molecular formula is C28H31N3O3. The Morgan fingerprint density at radius 2 is 1.97 bits per heavy atom. The first-order valence-electron chi connectivity index (χ1n) is 12.0. The molecule has 0 unspecified atom stereocenters. The fraction of sp³-hybridized carbons (Fsp3) is 0.357. The van der Waals surface area contributed by atoms with Crippen LogP contribution in [0.4, 0.5) is 0 Å². The highest BCUT2D eigenvalue weighted by Crippen LogP contribution is 2.41. The number of benzene rings is 2. The minimum atomic E-state index is 0.0335. The van der Waals surface area contributed by atoms with E-state index in [0.29, 0.717) is 6.04 Å². The van der Waals surface area contributed by atoms with Gasteiger partial charge in [0.15, 0.2) is 0 Å². The number of aryl methyl sites for hydroxylation is 1. The van der Waals surface area contributed by atoms with Gasteiger partial charge in [0.05, 0.1) is 37.5 Å². The molecule has 2 aliphatic heterocycles. The first kappa shape index (κ1) is 22.4. The highest BCUT2D eigenvalue weighted by atomic mass is 16.5. The molecule has 6 heteroatoms. The van der Waals surface area contributed by atoms with Crippen LogP contribution in [-0.2, 0) is 11.4 Å². The zero-order valence-corrected chi connectivity index (χ0v) is 19.8. The molecule has 2 aliphatic rings. The number of rotatable bonds is 5. The van der Waals surface area contributed by atoms with E-state index in [4.69, 9.17) is 4.74 Å². The van der Waals surface area contributed by atoms with Crippen LogP contribution in [-0.4, -0.2) is 38.6 Å². The maximum Gasteiger partial charge on any atom is 0.250 e. The topological polar surface area (TPSA) is 67.6 Å². The van der Waals surface area contributed by atoms with Gasteiger partial charge in [-0.2, -0.15) is 0 Å². The van der Waals surface area contributed by atoms with Gasteiger partial charge in [-0.1, -0.05) is 30.3 Å². The largest absolute Gasteiger partial charge is 0.495 e. The van der Waals surface area contributed by atoms with E-state index in [0.717, 1.165) is 71.5 Å². The Bertz CT molecular complexity index is 1210. The summed E-state index contributed by atoms with van der Waals surface area (Å²) in [5.74, 6) is 0.883. The van der Waals surface area contributed by atoms with E-state index in [1.165, 1.54) is 0 Å². The molecule has 0 aliphatic carbocycles. The zero-order chi connectivity index (χ0) is 23.7. The van der Waals surface area contributed by atoms with Crippen molar-refractivity contribution in [1.82, 2.24) is 14.5 Å². The molecule has 1 aromatic heterocycles. The maximum atomic E-state index is 13.7. The highest BCUT2D eigenvalue weighted by molar-refractivity contribution is 5.99. The van der Waals surface area contributed by atoms with Crippen LogP contribution < -0.4 is 4.74 Å². The number of imidazole rings is 1. The minimum Gasteiger partial charge on any atom is -0.495 e. The van der Waals surface area contributed by atoms with Crippen LogP contribution in [0.5, 0.6) is 5.75 Å². The second kappa shape index (κ2) is 9.47. The average molecular weight is 458 g/mol. The lowest BCUT2D eigenvalue weighted by molar-refractivity contribution is -0.136. The third-order valence-electron chi connectivity index (χ3n) is 7.08. The number of ether oxygens (including phenoxy) is 1. The number of carbonyl (C=O) groups is 1. The Morgan fingerprint density at radius 3 is 2.68 bits per heavy atom. The smallest absolute Gasteiger partial charge is 0.250 e. The van der Waals surface area contributed by atoms with Crippen LogP contribution in [0.25, 0.3) is 11.8 Å². The quantitative estimate of drug-likeness (QED) is 0.549. The third-order valence-corrected chi connectivity index (χ3v) is 7.08. The van der Waals surface area contributed by atoms with Crippen molar-refractivity contribution < 1.29 is 14.6 Å². The summed E-state index contributed by atoms with van der Waals surface area (Å²) in [6.45, 7) is 1.99. The average Bonchev–Trinajstić information content (AvgIpc) is 3.31. The molecule has 0 spiro atoms. The number of hydrogen-bond acceptors (Lipinski definition) is 4. The standard InChI is InChI=1S/C28H31N3O3/c1-19-16-30(18-29-19)26-13-8-21(15-27(26)34-2)14-23-11-12-24-4-3-5-25(31(24)28(23)33)22-9-6-20(17-32)7-10-22/h6-10,13-16,18,24-25,32H,3-5,11-12,17H2,1-2H3/t24-,25+/m1/s1.